The van der Waals surface area contributed by atoms with Crippen molar-refractivity contribution in [2.24, 2.45) is 0 Å². The quantitative estimate of drug-likeness (QED) is 0.489. The highest BCUT2D eigenvalue weighted by atomic mass is 16.4. The van der Waals surface area contributed by atoms with E-state index in [9.17, 15) is 19.8 Å². The lowest BCUT2D eigenvalue weighted by Gasteiger charge is -2.12. The second-order valence-electron chi connectivity index (χ2n) is 5.14. The van der Waals surface area contributed by atoms with Crippen molar-refractivity contribution in [3.05, 3.63) is 34.4 Å². The molecule has 0 heterocycles. The molecule has 0 spiro atoms. The summed E-state index contributed by atoms with van der Waals surface area (Å²) in [6.45, 7) is 0.0425. The van der Waals surface area contributed by atoms with Crippen LogP contribution in [0.15, 0.2) is 12.1 Å². The van der Waals surface area contributed by atoms with Gasteiger partial charge < -0.3 is 20.4 Å². The van der Waals surface area contributed by atoms with E-state index >= 15 is 0 Å². The van der Waals surface area contributed by atoms with Crippen LogP contribution in [0.1, 0.15) is 57.5 Å². The van der Waals surface area contributed by atoms with Gasteiger partial charge in [0.05, 0.1) is 11.1 Å². The Hall–Kier alpha value is -1.92. The number of hydrogen-bond acceptors (Lipinski definition) is 4. The molecule has 0 aromatic heterocycles. The third kappa shape index (κ3) is 5.13. The third-order valence-corrected chi connectivity index (χ3v) is 3.50. The summed E-state index contributed by atoms with van der Waals surface area (Å²) in [5.74, 6) is -2.17. The van der Waals surface area contributed by atoms with E-state index in [0.29, 0.717) is 49.7 Å². The second kappa shape index (κ2) is 9.17. The number of carbonyl (C=O) groups is 2. The summed E-state index contributed by atoms with van der Waals surface area (Å²) in [6.07, 6.45) is 3.11. The summed E-state index contributed by atoms with van der Waals surface area (Å²) in [4.78, 5) is 22.8. The van der Waals surface area contributed by atoms with Gasteiger partial charge in [-0.1, -0.05) is 0 Å². The summed E-state index contributed by atoms with van der Waals surface area (Å²) in [5.41, 5.74) is 1.18. The number of hydrogen-bond donors (Lipinski definition) is 4. The first-order chi connectivity index (χ1) is 10.5. The predicted octanol–water partition coefficient (Wildman–Crippen LogP) is 1.71. The molecule has 0 aliphatic carbocycles. The van der Waals surface area contributed by atoms with E-state index in [1.807, 2.05) is 0 Å². The summed E-state index contributed by atoms with van der Waals surface area (Å²) in [7, 11) is 0. The van der Waals surface area contributed by atoms with E-state index in [2.05, 4.69) is 0 Å². The molecule has 22 heavy (non-hydrogen) atoms. The third-order valence-electron chi connectivity index (χ3n) is 3.50. The fourth-order valence-electron chi connectivity index (χ4n) is 2.36. The summed E-state index contributed by atoms with van der Waals surface area (Å²) in [6, 6.07) is 2.86. The molecule has 0 radical (unpaired) electrons. The first kappa shape index (κ1) is 18.1. The molecule has 4 N–H and O–H groups in total. The maximum Gasteiger partial charge on any atom is 0.335 e. The van der Waals surface area contributed by atoms with Crippen LogP contribution in [-0.4, -0.2) is 45.6 Å². The lowest BCUT2D eigenvalue weighted by Crippen LogP contribution is -2.10. The number of aliphatic hydroxyl groups is 2. The Morgan fingerprint density at radius 1 is 0.727 bits per heavy atom. The fourth-order valence-corrected chi connectivity index (χ4v) is 2.36. The fraction of sp³-hybridized carbons (Fsp3) is 0.500. The van der Waals surface area contributed by atoms with Gasteiger partial charge in [0.15, 0.2) is 0 Å². The molecule has 0 saturated carbocycles. The molecule has 0 atom stereocenters. The number of unbranched alkanes of at least 4 members (excludes halogenated alkanes) is 2. The Morgan fingerprint density at radius 3 is 1.36 bits per heavy atom. The van der Waals surface area contributed by atoms with Gasteiger partial charge in [-0.15, -0.1) is 0 Å². The van der Waals surface area contributed by atoms with E-state index in [1.54, 1.807) is 0 Å². The van der Waals surface area contributed by atoms with E-state index in [4.69, 9.17) is 10.2 Å². The lowest BCUT2D eigenvalue weighted by molar-refractivity contribution is 0.0679. The van der Waals surface area contributed by atoms with Crippen LogP contribution in [0.5, 0.6) is 0 Å². The average Bonchev–Trinajstić information content (AvgIpc) is 2.47. The summed E-state index contributed by atoms with van der Waals surface area (Å²) in [5, 5.41) is 36.2. The predicted molar refractivity (Wildman–Crippen MR) is 80.4 cm³/mol. The Labute approximate surface area is 129 Å². The number of carboxylic acid groups (broad SMARTS) is 2. The highest BCUT2D eigenvalue weighted by Crippen LogP contribution is 2.21. The van der Waals surface area contributed by atoms with Crippen molar-refractivity contribution in [1.82, 2.24) is 0 Å². The average molecular weight is 310 g/mol. The van der Waals surface area contributed by atoms with Crippen molar-refractivity contribution in [3.63, 3.8) is 0 Å². The maximum absolute atomic E-state index is 11.4. The van der Waals surface area contributed by atoms with E-state index in [-0.39, 0.29) is 24.3 Å². The number of aryl methyl sites for hydroxylation is 2. The zero-order valence-electron chi connectivity index (χ0n) is 12.4. The Kier molecular flexibility index (Phi) is 7.56. The van der Waals surface area contributed by atoms with Gasteiger partial charge in [-0.05, 0) is 61.8 Å². The van der Waals surface area contributed by atoms with Gasteiger partial charge in [-0.25, -0.2) is 9.59 Å². The number of aliphatic hydroxyl groups excluding tert-OH is 2. The van der Waals surface area contributed by atoms with E-state index in [0.717, 1.165) is 0 Å². The van der Waals surface area contributed by atoms with Crippen LogP contribution in [0, 0.1) is 0 Å². The minimum absolute atomic E-state index is 0.0213. The van der Waals surface area contributed by atoms with Gasteiger partial charge in [0, 0.05) is 13.2 Å². The zero-order chi connectivity index (χ0) is 16.5. The molecule has 1 aromatic rings. The molecule has 122 valence electrons. The molecule has 6 heteroatoms. The SMILES string of the molecule is O=C(O)c1cc(CCCCO)c(C(=O)O)cc1CCCCO. The molecule has 0 aliphatic heterocycles. The first-order valence-electron chi connectivity index (χ1n) is 7.35. The van der Waals surface area contributed by atoms with Crippen molar-refractivity contribution < 1.29 is 30.0 Å². The molecule has 1 aromatic carbocycles. The normalized spacial score (nSPS) is 10.6. The number of benzene rings is 1. The zero-order valence-corrected chi connectivity index (χ0v) is 12.4. The Balaban J connectivity index is 3.13. The molecule has 0 aliphatic rings. The minimum Gasteiger partial charge on any atom is -0.478 e. The van der Waals surface area contributed by atoms with Crippen LogP contribution in [0.4, 0.5) is 0 Å². The van der Waals surface area contributed by atoms with Crippen molar-refractivity contribution in [2.45, 2.75) is 38.5 Å². The molecule has 0 fully saturated rings. The smallest absolute Gasteiger partial charge is 0.335 e. The van der Waals surface area contributed by atoms with Gasteiger partial charge >= 0.3 is 11.9 Å². The number of carboxylic acids is 2. The monoisotopic (exact) mass is 310 g/mol. The molecule has 0 amide bonds. The molecular weight excluding hydrogens is 288 g/mol. The van der Waals surface area contributed by atoms with Gasteiger partial charge in [0.1, 0.15) is 0 Å². The van der Waals surface area contributed by atoms with Crippen molar-refractivity contribution in [3.8, 4) is 0 Å². The van der Waals surface area contributed by atoms with Gasteiger partial charge in [-0.3, -0.25) is 0 Å². The van der Waals surface area contributed by atoms with E-state index in [1.165, 1.54) is 12.1 Å². The minimum atomic E-state index is -1.08. The standard InChI is InChI=1S/C16H22O6/c17-7-3-1-5-11-9-14(16(21)22)12(6-2-4-8-18)10-13(11)15(19)20/h9-10,17-18H,1-8H2,(H,19,20)(H,21,22). The van der Waals surface area contributed by atoms with Crippen LogP contribution in [0.25, 0.3) is 0 Å². The first-order valence-corrected chi connectivity index (χ1v) is 7.35. The maximum atomic E-state index is 11.4. The molecule has 6 nitrogen and oxygen atoms in total. The van der Waals surface area contributed by atoms with Crippen LogP contribution >= 0.6 is 0 Å². The highest BCUT2D eigenvalue weighted by Gasteiger charge is 2.18. The van der Waals surface area contributed by atoms with Crippen LogP contribution < -0.4 is 0 Å². The summed E-state index contributed by atoms with van der Waals surface area (Å²) >= 11 is 0. The number of rotatable bonds is 10. The largest absolute Gasteiger partial charge is 0.478 e. The Bertz CT molecular complexity index is 476. The van der Waals surface area contributed by atoms with Crippen molar-refractivity contribution >= 4 is 11.9 Å². The second-order valence-corrected chi connectivity index (χ2v) is 5.14. The van der Waals surface area contributed by atoms with Gasteiger partial charge in [0.25, 0.3) is 0 Å². The molecular formula is C16H22O6. The van der Waals surface area contributed by atoms with Crippen molar-refractivity contribution in [2.75, 3.05) is 13.2 Å². The van der Waals surface area contributed by atoms with E-state index < -0.39 is 11.9 Å². The summed E-state index contributed by atoms with van der Waals surface area (Å²) < 4.78 is 0. The molecule has 0 unspecified atom stereocenters. The van der Waals surface area contributed by atoms with Crippen LogP contribution in [-0.2, 0) is 12.8 Å². The van der Waals surface area contributed by atoms with Crippen LogP contribution in [0.2, 0.25) is 0 Å². The van der Waals surface area contributed by atoms with Gasteiger partial charge in [0.2, 0.25) is 0 Å². The highest BCUT2D eigenvalue weighted by molar-refractivity contribution is 5.94. The van der Waals surface area contributed by atoms with Crippen molar-refractivity contribution in [1.29, 1.82) is 0 Å². The molecule has 1 rings (SSSR count). The van der Waals surface area contributed by atoms with Crippen LogP contribution in [0.3, 0.4) is 0 Å². The topological polar surface area (TPSA) is 115 Å². The molecule has 0 saturated heterocycles. The van der Waals surface area contributed by atoms with Gasteiger partial charge in [-0.2, -0.15) is 0 Å². The Morgan fingerprint density at radius 2 is 1.09 bits per heavy atom. The molecule has 0 bridgehead atoms. The lowest BCUT2D eigenvalue weighted by atomic mass is 9.92. The number of aromatic carboxylic acids is 2.